The molecule has 1 aliphatic carbocycles. The summed E-state index contributed by atoms with van der Waals surface area (Å²) in [5, 5.41) is 8.68. The molecule has 1 rings (SSSR count). The van der Waals surface area contributed by atoms with Crippen LogP contribution < -0.4 is 0 Å². The largest absolute Gasteiger partial charge is 0.477 e. The molecule has 0 bridgehead atoms. The number of aliphatic carboxylic acids is 1. The summed E-state index contributed by atoms with van der Waals surface area (Å²) >= 11 is 3.24. The smallest absolute Gasteiger partial charge is 0.350 e. The molecular formula is C10H14BrNO3. The summed E-state index contributed by atoms with van der Waals surface area (Å²) in [7, 11) is 0. The lowest BCUT2D eigenvalue weighted by Crippen LogP contribution is -2.09. The Morgan fingerprint density at radius 3 is 2.53 bits per heavy atom. The molecule has 0 atom stereocenters. The summed E-state index contributed by atoms with van der Waals surface area (Å²) in [6.07, 6.45) is 2.38. The van der Waals surface area contributed by atoms with E-state index in [-0.39, 0.29) is 5.71 Å². The van der Waals surface area contributed by atoms with Gasteiger partial charge in [0, 0.05) is 0 Å². The first-order valence-corrected chi connectivity index (χ1v) is 5.57. The van der Waals surface area contributed by atoms with Crippen molar-refractivity contribution in [3.8, 4) is 0 Å². The molecular weight excluding hydrogens is 262 g/mol. The predicted molar refractivity (Wildman–Crippen MR) is 61.0 cm³/mol. The number of carbonyl (C=O) groups is 1. The summed E-state index contributed by atoms with van der Waals surface area (Å²) in [5.41, 5.74) is 0.0274. The monoisotopic (exact) mass is 275 g/mol. The molecule has 0 aromatic rings. The molecule has 0 aliphatic heterocycles. The van der Waals surface area contributed by atoms with Gasteiger partial charge in [-0.05, 0) is 32.6 Å². The topological polar surface area (TPSA) is 58.9 Å². The number of nitrogens with zero attached hydrogens (tertiary/aromatic N) is 1. The fraction of sp³-hybridized carbons (Fsp3) is 0.600. The molecule has 0 unspecified atom stereocenters. The van der Waals surface area contributed by atoms with Gasteiger partial charge in [0.15, 0.2) is 0 Å². The molecule has 1 N–H and O–H groups in total. The third-order valence-electron chi connectivity index (χ3n) is 2.03. The van der Waals surface area contributed by atoms with Crippen LogP contribution >= 0.6 is 15.9 Å². The van der Waals surface area contributed by atoms with E-state index in [4.69, 9.17) is 9.84 Å². The van der Waals surface area contributed by atoms with Gasteiger partial charge in [-0.1, -0.05) is 15.9 Å². The first-order valence-electron chi connectivity index (χ1n) is 4.78. The fourth-order valence-electron chi connectivity index (χ4n) is 0.890. The van der Waals surface area contributed by atoms with Crippen molar-refractivity contribution in [1.82, 2.24) is 0 Å². The second-order valence-electron chi connectivity index (χ2n) is 3.60. The number of allylic oxidation sites excluding steroid dienone is 1. The van der Waals surface area contributed by atoms with E-state index < -0.39 is 5.97 Å². The van der Waals surface area contributed by atoms with Gasteiger partial charge in [-0.15, -0.1) is 0 Å². The molecule has 0 aromatic carbocycles. The minimum absolute atomic E-state index is 0.0274. The molecule has 0 spiro atoms. The van der Waals surface area contributed by atoms with Crippen LogP contribution in [-0.2, 0) is 9.53 Å². The van der Waals surface area contributed by atoms with E-state index in [2.05, 4.69) is 20.9 Å². The minimum atomic E-state index is -1.03. The van der Waals surface area contributed by atoms with Crippen molar-refractivity contribution < 1.29 is 14.6 Å². The zero-order chi connectivity index (χ0) is 11.4. The SMILES string of the molecule is C/C(Br)=C(\N=C(/C)C(=O)O)OCC1CC1. The molecule has 0 heterocycles. The van der Waals surface area contributed by atoms with E-state index in [0.717, 1.165) is 0 Å². The van der Waals surface area contributed by atoms with Gasteiger partial charge in [0.1, 0.15) is 5.71 Å². The van der Waals surface area contributed by atoms with Crippen molar-refractivity contribution >= 4 is 27.6 Å². The Morgan fingerprint density at radius 1 is 1.53 bits per heavy atom. The van der Waals surface area contributed by atoms with Gasteiger partial charge in [-0.25, -0.2) is 9.79 Å². The highest BCUT2D eigenvalue weighted by atomic mass is 79.9. The van der Waals surface area contributed by atoms with Crippen LogP contribution in [0.1, 0.15) is 26.7 Å². The molecule has 1 saturated carbocycles. The highest BCUT2D eigenvalue weighted by Crippen LogP contribution is 2.30. The molecule has 0 aromatic heterocycles. The van der Waals surface area contributed by atoms with Crippen LogP contribution in [0.3, 0.4) is 0 Å². The molecule has 5 heteroatoms. The summed E-state index contributed by atoms with van der Waals surface area (Å²) in [6, 6.07) is 0. The average Bonchev–Trinajstić information content (AvgIpc) is 2.94. The van der Waals surface area contributed by atoms with Crippen molar-refractivity contribution in [2.75, 3.05) is 6.61 Å². The Kier molecular flexibility index (Phi) is 4.32. The van der Waals surface area contributed by atoms with Crippen LogP contribution in [0, 0.1) is 5.92 Å². The molecule has 0 radical (unpaired) electrons. The standard InChI is InChI=1S/C10H14BrNO3/c1-6(11)9(12-7(2)10(13)14)15-5-8-3-4-8/h8H,3-5H2,1-2H3,(H,13,14)/b9-6-,12-7+. The Balaban J connectivity index is 2.61. The predicted octanol–water partition coefficient (Wildman–Crippen LogP) is 2.54. The quantitative estimate of drug-likeness (QED) is 0.620. The number of hydrogen-bond donors (Lipinski definition) is 1. The summed E-state index contributed by atoms with van der Waals surface area (Å²) in [6.45, 7) is 3.84. The van der Waals surface area contributed by atoms with Crippen LogP contribution in [0.5, 0.6) is 0 Å². The molecule has 15 heavy (non-hydrogen) atoms. The highest BCUT2D eigenvalue weighted by Gasteiger charge is 2.22. The lowest BCUT2D eigenvalue weighted by Gasteiger charge is -2.06. The maximum atomic E-state index is 10.6. The van der Waals surface area contributed by atoms with E-state index >= 15 is 0 Å². The van der Waals surface area contributed by atoms with Crippen LogP contribution in [-0.4, -0.2) is 23.4 Å². The molecule has 1 aliphatic rings. The maximum Gasteiger partial charge on any atom is 0.350 e. The zero-order valence-electron chi connectivity index (χ0n) is 8.79. The van der Waals surface area contributed by atoms with Crippen molar-refractivity contribution in [3.63, 3.8) is 0 Å². The number of hydrogen-bond acceptors (Lipinski definition) is 3. The van der Waals surface area contributed by atoms with E-state index in [1.54, 1.807) is 6.92 Å². The van der Waals surface area contributed by atoms with E-state index in [1.807, 2.05) is 0 Å². The zero-order valence-corrected chi connectivity index (χ0v) is 10.4. The first kappa shape index (κ1) is 12.2. The maximum absolute atomic E-state index is 10.6. The average molecular weight is 276 g/mol. The molecule has 0 saturated heterocycles. The third-order valence-corrected chi connectivity index (χ3v) is 2.37. The fourth-order valence-corrected chi connectivity index (χ4v) is 1.09. The molecule has 0 amide bonds. The Morgan fingerprint density at radius 2 is 2.13 bits per heavy atom. The van der Waals surface area contributed by atoms with Gasteiger partial charge >= 0.3 is 5.97 Å². The second-order valence-corrected chi connectivity index (χ2v) is 4.78. The van der Waals surface area contributed by atoms with Gasteiger partial charge in [0.2, 0.25) is 5.88 Å². The summed E-state index contributed by atoms with van der Waals surface area (Å²) < 4.78 is 6.14. The van der Waals surface area contributed by atoms with Crippen molar-refractivity contribution in [1.29, 1.82) is 0 Å². The van der Waals surface area contributed by atoms with Gasteiger partial charge in [-0.3, -0.25) is 0 Å². The minimum Gasteiger partial charge on any atom is -0.477 e. The van der Waals surface area contributed by atoms with E-state index in [9.17, 15) is 4.79 Å². The summed E-state index contributed by atoms with van der Waals surface area (Å²) in [4.78, 5) is 14.5. The normalized spacial score (nSPS) is 18.5. The molecule has 4 nitrogen and oxygen atoms in total. The van der Waals surface area contributed by atoms with Crippen LogP contribution in [0.25, 0.3) is 0 Å². The lowest BCUT2D eigenvalue weighted by atomic mass is 10.4. The first-order chi connectivity index (χ1) is 7.00. The van der Waals surface area contributed by atoms with Gasteiger partial charge in [-0.2, -0.15) is 0 Å². The number of ether oxygens (including phenoxy) is 1. The third kappa shape index (κ3) is 4.46. The van der Waals surface area contributed by atoms with E-state index in [0.29, 0.717) is 22.9 Å². The van der Waals surface area contributed by atoms with E-state index in [1.165, 1.54) is 19.8 Å². The number of rotatable bonds is 5. The number of halogens is 1. The second kappa shape index (κ2) is 5.30. The van der Waals surface area contributed by atoms with Crippen LogP contribution in [0.2, 0.25) is 0 Å². The van der Waals surface area contributed by atoms with Gasteiger partial charge in [0.05, 0.1) is 11.1 Å². The van der Waals surface area contributed by atoms with Gasteiger partial charge in [0.25, 0.3) is 0 Å². The van der Waals surface area contributed by atoms with Crippen LogP contribution in [0.15, 0.2) is 15.4 Å². The number of carboxylic acids is 1. The number of aliphatic imine (C=N–C) groups is 1. The highest BCUT2D eigenvalue weighted by molar-refractivity contribution is 9.11. The summed E-state index contributed by atoms with van der Waals surface area (Å²) in [5.74, 6) is -0.0507. The molecule has 1 fully saturated rings. The van der Waals surface area contributed by atoms with Crippen molar-refractivity contribution in [2.45, 2.75) is 26.7 Å². The Hall–Kier alpha value is -0.840. The van der Waals surface area contributed by atoms with Crippen LogP contribution in [0.4, 0.5) is 0 Å². The Labute approximate surface area is 97.2 Å². The van der Waals surface area contributed by atoms with Gasteiger partial charge < -0.3 is 9.84 Å². The van der Waals surface area contributed by atoms with Crippen molar-refractivity contribution in [2.24, 2.45) is 10.9 Å². The molecule has 84 valence electrons. The lowest BCUT2D eigenvalue weighted by molar-refractivity contribution is -0.129. The van der Waals surface area contributed by atoms with Crippen molar-refractivity contribution in [3.05, 3.63) is 10.4 Å². The number of carboxylic acid groups (broad SMARTS) is 1. The Bertz CT molecular complexity index is 315.